The predicted octanol–water partition coefficient (Wildman–Crippen LogP) is 2.70. The van der Waals surface area contributed by atoms with Crippen LogP contribution in [-0.4, -0.2) is 39.9 Å². The highest BCUT2D eigenvalue weighted by Gasteiger charge is 2.28. The van der Waals surface area contributed by atoms with Crippen molar-refractivity contribution in [3.8, 4) is 0 Å². The summed E-state index contributed by atoms with van der Waals surface area (Å²) in [5, 5.41) is 8.19. The van der Waals surface area contributed by atoms with Crippen LogP contribution in [0.5, 0.6) is 0 Å². The molecule has 0 aliphatic carbocycles. The van der Waals surface area contributed by atoms with Crippen LogP contribution >= 0.6 is 15.9 Å². The normalized spacial score (nSPS) is 25.9. The van der Waals surface area contributed by atoms with Crippen LogP contribution in [0.25, 0.3) is 0 Å². The largest absolute Gasteiger partial charge is 0.311 e. The van der Waals surface area contributed by atoms with Crippen molar-refractivity contribution in [3.63, 3.8) is 0 Å². The molecule has 4 nitrogen and oxygen atoms in total. The fourth-order valence-electron chi connectivity index (χ4n) is 2.88. The molecule has 1 aromatic heterocycles. The SMILES string of the molecule is CCC(C)C1CN(Cc2c(Br)c(C)nn2C)C(C)CN1. The number of aryl methyl sites for hydroxylation is 2. The summed E-state index contributed by atoms with van der Waals surface area (Å²) < 4.78 is 3.16. The second-order valence-electron chi connectivity index (χ2n) is 6.15. The van der Waals surface area contributed by atoms with E-state index in [1.165, 1.54) is 12.1 Å². The number of piperazine rings is 1. The monoisotopic (exact) mass is 342 g/mol. The predicted molar refractivity (Wildman–Crippen MR) is 86.8 cm³/mol. The highest BCUT2D eigenvalue weighted by Crippen LogP contribution is 2.24. The van der Waals surface area contributed by atoms with Gasteiger partial charge in [0, 0.05) is 38.8 Å². The van der Waals surface area contributed by atoms with E-state index < -0.39 is 0 Å². The first-order valence-electron chi connectivity index (χ1n) is 7.59. The van der Waals surface area contributed by atoms with Crippen LogP contribution in [0.2, 0.25) is 0 Å². The third-order valence-electron chi connectivity index (χ3n) is 4.68. The molecule has 1 fully saturated rings. The number of nitrogens with one attached hydrogen (secondary N) is 1. The van der Waals surface area contributed by atoms with Gasteiger partial charge in [-0.05, 0) is 35.7 Å². The molecular formula is C15H27BrN4. The number of nitrogens with zero attached hydrogens (tertiary/aromatic N) is 3. The lowest BCUT2D eigenvalue weighted by atomic mass is 9.95. The van der Waals surface area contributed by atoms with Crippen molar-refractivity contribution < 1.29 is 0 Å². The van der Waals surface area contributed by atoms with Crippen molar-refractivity contribution in [1.29, 1.82) is 0 Å². The van der Waals surface area contributed by atoms with E-state index in [0.29, 0.717) is 12.1 Å². The van der Waals surface area contributed by atoms with Crippen LogP contribution in [0, 0.1) is 12.8 Å². The quantitative estimate of drug-likeness (QED) is 0.913. The molecule has 1 aliphatic heterocycles. The first-order chi connectivity index (χ1) is 9.43. The molecule has 1 aliphatic rings. The molecule has 1 saturated heterocycles. The molecule has 0 amide bonds. The van der Waals surface area contributed by atoms with E-state index >= 15 is 0 Å². The molecular weight excluding hydrogens is 316 g/mol. The van der Waals surface area contributed by atoms with E-state index in [9.17, 15) is 0 Å². The minimum absolute atomic E-state index is 0.567. The summed E-state index contributed by atoms with van der Waals surface area (Å²) in [7, 11) is 2.03. The Morgan fingerprint density at radius 1 is 1.50 bits per heavy atom. The summed E-state index contributed by atoms with van der Waals surface area (Å²) in [6.45, 7) is 12.1. The molecule has 0 radical (unpaired) electrons. The summed E-state index contributed by atoms with van der Waals surface area (Å²) >= 11 is 3.68. The van der Waals surface area contributed by atoms with Gasteiger partial charge in [-0.15, -0.1) is 0 Å². The minimum atomic E-state index is 0.567. The summed E-state index contributed by atoms with van der Waals surface area (Å²) in [4.78, 5) is 2.58. The van der Waals surface area contributed by atoms with E-state index in [0.717, 1.165) is 35.7 Å². The molecule has 1 N–H and O–H groups in total. The Balaban J connectivity index is 2.10. The average molecular weight is 343 g/mol. The Morgan fingerprint density at radius 2 is 2.20 bits per heavy atom. The molecule has 114 valence electrons. The number of rotatable bonds is 4. The summed E-state index contributed by atoms with van der Waals surface area (Å²) in [6, 6.07) is 1.17. The highest BCUT2D eigenvalue weighted by atomic mass is 79.9. The molecule has 3 atom stereocenters. The molecule has 2 rings (SSSR count). The van der Waals surface area contributed by atoms with Crippen LogP contribution in [-0.2, 0) is 13.6 Å². The molecule has 0 bridgehead atoms. The van der Waals surface area contributed by atoms with Gasteiger partial charge in [-0.2, -0.15) is 5.10 Å². The van der Waals surface area contributed by atoms with Crippen molar-refractivity contribution >= 4 is 15.9 Å². The fourth-order valence-corrected chi connectivity index (χ4v) is 3.34. The molecule has 20 heavy (non-hydrogen) atoms. The van der Waals surface area contributed by atoms with E-state index in [4.69, 9.17) is 0 Å². The van der Waals surface area contributed by atoms with Gasteiger partial charge in [0.1, 0.15) is 0 Å². The maximum atomic E-state index is 4.50. The van der Waals surface area contributed by atoms with Crippen LogP contribution in [0.4, 0.5) is 0 Å². The van der Waals surface area contributed by atoms with Gasteiger partial charge in [-0.25, -0.2) is 0 Å². The first kappa shape index (κ1) is 16.0. The van der Waals surface area contributed by atoms with Crippen LogP contribution in [0.3, 0.4) is 0 Å². The van der Waals surface area contributed by atoms with Crippen molar-refractivity contribution in [1.82, 2.24) is 20.0 Å². The number of aromatic nitrogens is 2. The summed E-state index contributed by atoms with van der Waals surface area (Å²) in [5.41, 5.74) is 2.35. The van der Waals surface area contributed by atoms with Crippen molar-refractivity contribution in [3.05, 3.63) is 15.9 Å². The van der Waals surface area contributed by atoms with Crippen molar-refractivity contribution in [2.75, 3.05) is 13.1 Å². The summed E-state index contributed by atoms with van der Waals surface area (Å²) in [5.74, 6) is 0.724. The lowest BCUT2D eigenvalue weighted by Gasteiger charge is -2.41. The van der Waals surface area contributed by atoms with E-state index in [1.54, 1.807) is 0 Å². The molecule has 2 heterocycles. The van der Waals surface area contributed by atoms with Crippen LogP contribution in [0.1, 0.15) is 38.6 Å². The first-order valence-corrected chi connectivity index (χ1v) is 8.38. The van der Waals surface area contributed by atoms with E-state index in [1.807, 2.05) is 11.7 Å². The Hall–Kier alpha value is -0.390. The van der Waals surface area contributed by atoms with Crippen LogP contribution in [0.15, 0.2) is 4.47 Å². The van der Waals surface area contributed by atoms with E-state index in [-0.39, 0.29) is 0 Å². The molecule has 0 saturated carbocycles. The Bertz CT molecular complexity index is 457. The van der Waals surface area contributed by atoms with Gasteiger partial charge in [0.25, 0.3) is 0 Å². The number of hydrogen-bond donors (Lipinski definition) is 1. The highest BCUT2D eigenvalue weighted by molar-refractivity contribution is 9.10. The van der Waals surface area contributed by atoms with Gasteiger partial charge in [-0.1, -0.05) is 20.3 Å². The lowest BCUT2D eigenvalue weighted by molar-refractivity contribution is 0.109. The van der Waals surface area contributed by atoms with Gasteiger partial charge < -0.3 is 5.32 Å². The number of halogens is 1. The molecule has 5 heteroatoms. The van der Waals surface area contributed by atoms with Crippen LogP contribution < -0.4 is 5.32 Å². The molecule has 3 unspecified atom stereocenters. The third kappa shape index (κ3) is 3.26. The molecule has 0 spiro atoms. The zero-order valence-electron chi connectivity index (χ0n) is 13.3. The van der Waals surface area contributed by atoms with Gasteiger partial charge in [-0.3, -0.25) is 9.58 Å². The van der Waals surface area contributed by atoms with Gasteiger partial charge in [0.05, 0.1) is 15.9 Å². The summed E-state index contributed by atoms with van der Waals surface area (Å²) in [6.07, 6.45) is 1.23. The van der Waals surface area contributed by atoms with Crippen molar-refractivity contribution in [2.45, 2.75) is 52.7 Å². The Labute approximate surface area is 131 Å². The number of hydrogen-bond acceptors (Lipinski definition) is 3. The lowest BCUT2D eigenvalue weighted by Crippen LogP contribution is -2.57. The van der Waals surface area contributed by atoms with Gasteiger partial charge in [0.15, 0.2) is 0 Å². The van der Waals surface area contributed by atoms with Gasteiger partial charge in [0.2, 0.25) is 0 Å². The Morgan fingerprint density at radius 3 is 2.75 bits per heavy atom. The maximum absolute atomic E-state index is 4.50. The topological polar surface area (TPSA) is 33.1 Å². The zero-order chi connectivity index (χ0) is 14.9. The zero-order valence-corrected chi connectivity index (χ0v) is 14.9. The Kier molecular flexibility index (Phi) is 5.26. The molecule has 0 aromatic carbocycles. The molecule has 1 aromatic rings. The second-order valence-corrected chi connectivity index (χ2v) is 6.94. The van der Waals surface area contributed by atoms with E-state index in [2.05, 4.69) is 58.9 Å². The standard InChI is InChI=1S/C15H27BrN4/c1-6-10(2)13-8-20(11(3)7-17-13)9-14-15(16)12(4)18-19(14)5/h10-11,13,17H,6-9H2,1-5H3. The second kappa shape index (κ2) is 6.58. The van der Waals surface area contributed by atoms with Crippen molar-refractivity contribution in [2.24, 2.45) is 13.0 Å². The minimum Gasteiger partial charge on any atom is -0.311 e. The maximum Gasteiger partial charge on any atom is 0.0739 e. The average Bonchev–Trinajstić information content (AvgIpc) is 2.66. The smallest absolute Gasteiger partial charge is 0.0739 e. The van der Waals surface area contributed by atoms with Gasteiger partial charge >= 0.3 is 0 Å². The third-order valence-corrected chi connectivity index (χ3v) is 5.71. The fraction of sp³-hybridized carbons (Fsp3) is 0.800.